The number of anilines is 2. The van der Waals surface area contributed by atoms with Crippen LogP contribution >= 0.6 is 0 Å². The van der Waals surface area contributed by atoms with Gasteiger partial charge in [-0.25, -0.2) is 18.7 Å². The molecule has 4 rings (SSSR count). The van der Waals surface area contributed by atoms with Crippen LogP contribution in [-0.4, -0.2) is 67.7 Å². The molecule has 3 heterocycles. The van der Waals surface area contributed by atoms with E-state index in [9.17, 15) is 14.0 Å². The highest BCUT2D eigenvalue weighted by atomic mass is 19.1. The SMILES string of the molecule is CC(=O)N1CCN(Cc2cc(-c3ccc(NC(=O)O)c(F)c3)c3c(N)ncnn23)CC1. The van der Waals surface area contributed by atoms with Crippen molar-refractivity contribution in [1.82, 2.24) is 24.4 Å². The number of nitrogen functional groups attached to an aromatic ring is 1. The number of carbonyl (C=O) groups is 2. The summed E-state index contributed by atoms with van der Waals surface area (Å²) in [4.78, 5) is 30.4. The minimum absolute atomic E-state index is 0.0680. The third-order valence-corrected chi connectivity index (χ3v) is 5.38. The molecule has 1 aromatic carbocycles. The first kappa shape index (κ1) is 20.5. The molecule has 0 unspecified atom stereocenters. The Morgan fingerprint density at radius 2 is 1.97 bits per heavy atom. The minimum Gasteiger partial charge on any atom is -0.465 e. The molecule has 0 bridgehead atoms. The molecular weight excluding hydrogens is 405 g/mol. The fourth-order valence-electron chi connectivity index (χ4n) is 3.81. The molecule has 162 valence electrons. The molecule has 1 aliphatic rings. The second-order valence-corrected chi connectivity index (χ2v) is 7.36. The monoisotopic (exact) mass is 427 g/mol. The third-order valence-electron chi connectivity index (χ3n) is 5.38. The average molecular weight is 427 g/mol. The lowest BCUT2D eigenvalue weighted by molar-refractivity contribution is -0.130. The molecular formula is C20H22FN7O3. The zero-order valence-electron chi connectivity index (χ0n) is 16.9. The Kier molecular flexibility index (Phi) is 5.42. The van der Waals surface area contributed by atoms with Gasteiger partial charge in [-0.1, -0.05) is 6.07 Å². The molecule has 1 fully saturated rings. The molecule has 0 aliphatic carbocycles. The Bertz CT molecular complexity index is 1160. The van der Waals surface area contributed by atoms with Gasteiger partial charge in [0.25, 0.3) is 0 Å². The van der Waals surface area contributed by atoms with Crippen molar-refractivity contribution in [2.75, 3.05) is 37.2 Å². The number of piperazine rings is 1. The van der Waals surface area contributed by atoms with E-state index in [1.165, 1.54) is 18.5 Å². The predicted octanol–water partition coefficient (Wildman–Crippen LogP) is 1.87. The van der Waals surface area contributed by atoms with Crippen molar-refractivity contribution in [3.63, 3.8) is 0 Å². The largest absolute Gasteiger partial charge is 0.465 e. The number of amides is 2. The van der Waals surface area contributed by atoms with E-state index in [-0.39, 0.29) is 17.4 Å². The summed E-state index contributed by atoms with van der Waals surface area (Å²) in [7, 11) is 0. The van der Waals surface area contributed by atoms with Gasteiger partial charge in [-0.05, 0) is 23.8 Å². The second kappa shape index (κ2) is 8.19. The number of aromatic nitrogens is 3. The van der Waals surface area contributed by atoms with Crippen molar-refractivity contribution >= 4 is 29.0 Å². The number of nitrogens with zero attached hydrogens (tertiary/aromatic N) is 5. The van der Waals surface area contributed by atoms with Crippen LogP contribution in [0, 0.1) is 5.82 Å². The first-order valence-electron chi connectivity index (χ1n) is 9.72. The molecule has 1 aliphatic heterocycles. The molecule has 2 aromatic heterocycles. The number of fused-ring (bicyclic) bond motifs is 1. The minimum atomic E-state index is -1.34. The summed E-state index contributed by atoms with van der Waals surface area (Å²) in [5.41, 5.74) is 8.56. The van der Waals surface area contributed by atoms with Crippen LogP contribution in [0.3, 0.4) is 0 Å². The summed E-state index contributed by atoms with van der Waals surface area (Å²) in [5, 5.41) is 15.2. The molecule has 0 atom stereocenters. The van der Waals surface area contributed by atoms with Crippen LogP contribution in [0.25, 0.3) is 16.6 Å². The third kappa shape index (κ3) is 4.12. The topological polar surface area (TPSA) is 129 Å². The number of nitrogens with one attached hydrogen (secondary N) is 1. The molecule has 1 saturated heterocycles. The summed E-state index contributed by atoms with van der Waals surface area (Å²) in [5.74, 6) is -0.374. The Labute approximate surface area is 177 Å². The van der Waals surface area contributed by atoms with Gasteiger partial charge in [-0.2, -0.15) is 5.10 Å². The zero-order chi connectivity index (χ0) is 22.1. The van der Waals surface area contributed by atoms with E-state index in [1.54, 1.807) is 17.5 Å². The van der Waals surface area contributed by atoms with Gasteiger partial charge < -0.3 is 15.7 Å². The molecule has 10 nitrogen and oxygen atoms in total. The van der Waals surface area contributed by atoms with Crippen molar-refractivity contribution in [2.24, 2.45) is 0 Å². The zero-order valence-corrected chi connectivity index (χ0v) is 16.9. The molecule has 0 spiro atoms. The van der Waals surface area contributed by atoms with E-state index in [1.807, 2.05) is 16.3 Å². The predicted molar refractivity (Wildman–Crippen MR) is 112 cm³/mol. The summed E-state index contributed by atoms with van der Waals surface area (Å²) < 4.78 is 16.1. The van der Waals surface area contributed by atoms with Gasteiger partial charge in [0.15, 0.2) is 5.82 Å². The maximum absolute atomic E-state index is 14.4. The number of rotatable bonds is 4. The van der Waals surface area contributed by atoms with Crippen LogP contribution in [0.15, 0.2) is 30.6 Å². The van der Waals surface area contributed by atoms with Crippen molar-refractivity contribution in [3.8, 4) is 11.1 Å². The Morgan fingerprint density at radius 3 is 2.61 bits per heavy atom. The second-order valence-electron chi connectivity index (χ2n) is 7.36. The van der Waals surface area contributed by atoms with Crippen molar-refractivity contribution in [1.29, 1.82) is 0 Å². The highest BCUT2D eigenvalue weighted by molar-refractivity contribution is 5.89. The van der Waals surface area contributed by atoms with Crippen molar-refractivity contribution < 1.29 is 19.1 Å². The first-order chi connectivity index (χ1) is 14.8. The normalized spacial score (nSPS) is 14.7. The standard InChI is InChI=1S/C20H22FN7O3/c1-12(29)27-6-4-26(5-7-27)10-14-9-15(18-19(22)23-11-24-28(14)18)13-2-3-17(16(21)8-13)25-20(30)31/h2-3,8-9,11,25H,4-7,10H2,1H3,(H,30,31)(H2,22,23,24). The molecule has 2 amide bonds. The fraction of sp³-hybridized carbons (Fsp3) is 0.300. The number of nitrogens with two attached hydrogens (primary N) is 1. The van der Waals surface area contributed by atoms with E-state index >= 15 is 0 Å². The van der Waals surface area contributed by atoms with Gasteiger partial charge >= 0.3 is 6.09 Å². The molecule has 3 aromatic rings. The fourth-order valence-corrected chi connectivity index (χ4v) is 3.81. The maximum atomic E-state index is 14.4. The van der Waals surface area contributed by atoms with Crippen molar-refractivity contribution in [2.45, 2.75) is 13.5 Å². The quantitative estimate of drug-likeness (QED) is 0.580. The molecule has 0 radical (unpaired) electrons. The van der Waals surface area contributed by atoms with E-state index in [0.29, 0.717) is 36.3 Å². The van der Waals surface area contributed by atoms with Crippen LogP contribution in [0.4, 0.5) is 20.7 Å². The van der Waals surface area contributed by atoms with Gasteiger partial charge in [0.05, 0.1) is 11.4 Å². The van der Waals surface area contributed by atoms with Crippen LogP contribution in [0.1, 0.15) is 12.6 Å². The molecule has 11 heteroatoms. The van der Waals surface area contributed by atoms with Gasteiger partial charge in [-0.3, -0.25) is 15.0 Å². The van der Waals surface area contributed by atoms with E-state index in [4.69, 9.17) is 10.8 Å². The number of carboxylic acid groups (broad SMARTS) is 1. The smallest absolute Gasteiger partial charge is 0.409 e. The first-order valence-corrected chi connectivity index (χ1v) is 9.72. The highest BCUT2D eigenvalue weighted by Gasteiger charge is 2.22. The summed E-state index contributed by atoms with van der Waals surface area (Å²) in [6.07, 6.45) is 0.0230. The van der Waals surface area contributed by atoms with Gasteiger partial charge in [-0.15, -0.1) is 0 Å². The summed E-state index contributed by atoms with van der Waals surface area (Å²) in [6.45, 7) is 4.92. The molecule has 0 saturated carbocycles. The van der Waals surface area contributed by atoms with E-state index in [0.717, 1.165) is 18.8 Å². The van der Waals surface area contributed by atoms with Crippen molar-refractivity contribution in [3.05, 3.63) is 42.1 Å². The Morgan fingerprint density at radius 1 is 1.23 bits per heavy atom. The lowest BCUT2D eigenvalue weighted by Crippen LogP contribution is -2.47. The Hall–Kier alpha value is -3.73. The van der Waals surface area contributed by atoms with Gasteiger partial charge in [0.1, 0.15) is 17.7 Å². The number of hydrogen-bond acceptors (Lipinski definition) is 6. The van der Waals surface area contributed by atoms with Gasteiger partial charge in [0, 0.05) is 45.2 Å². The van der Waals surface area contributed by atoms with Crippen LogP contribution < -0.4 is 11.1 Å². The molecule has 31 heavy (non-hydrogen) atoms. The average Bonchev–Trinajstić information content (AvgIpc) is 3.09. The number of hydrogen-bond donors (Lipinski definition) is 3. The molecule has 4 N–H and O–H groups in total. The summed E-state index contributed by atoms with van der Waals surface area (Å²) in [6, 6.07) is 6.12. The van der Waals surface area contributed by atoms with Gasteiger partial charge in [0.2, 0.25) is 5.91 Å². The number of benzene rings is 1. The van der Waals surface area contributed by atoms with Crippen LogP contribution in [0.5, 0.6) is 0 Å². The van der Waals surface area contributed by atoms with Crippen LogP contribution in [-0.2, 0) is 11.3 Å². The highest BCUT2D eigenvalue weighted by Crippen LogP contribution is 2.32. The summed E-state index contributed by atoms with van der Waals surface area (Å²) >= 11 is 0. The number of halogens is 1. The number of carbonyl (C=O) groups excluding carboxylic acids is 1. The van der Waals surface area contributed by atoms with Crippen LogP contribution in [0.2, 0.25) is 0 Å². The maximum Gasteiger partial charge on any atom is 0.409 e. The van der Waals surface area contributed by atoms with E-state index < -0.39 is 11.9 Å². The lowest BCUT2D eigenvalue weighted by atomic mass is 10.1. The lowest BCUT2D eigenvalue weighted by Gasteiger charge is -2.33. The van der Waals surface area contributed by atoms with E-state index in [2.05, 4.69) is 15.0 Å². The Balaban J connectivity index is 1.67.